The maximum Gasteiger partial charge on any atom is 0.410 e. The lowest BCUT2D eigenvalue weighted by Crippen LogP contribution is -2.49. The van der Waals surface area contributed by atoms with E-state index in [1.165, 1.54) is 11.9 Å². The summed E-state index contributed by atoms with van der Waals surface area (Å²) in [5.41, 5.74) is 0.879. The highest BCUT2D eigenvalue weighted by Crippen LogP contribution is 2.32. The fourth-order valence-corrected chi connectivity index (χ4v) is 2.37. The number of aliphatic carboxylic acids is 1. The van der Waals surface area contributed by atoms with E-state index in [1.807, 2.05) is 30.3 Å². The van der Waals surface area contributed by atoms with Crippen LogP contribution in [0.5, 0.6) is 0 Å². The highest BCUT2D eigenvalue weighted by Gasteiger charge is 2.38. The summed E-state index contributed by atoms with van der Waals surface area (Å²) in [6.45, 7) is 0.154. The van der Waals surface area contributed by atoms with Crippen LogP contribution in [0.4, 0.5) is 4.79 Å². The normalized spacial score (nSPS) is 16.1. The summed E-state index contributed by atoms with van der Waals surface area (Å²) in [6.07, 6.45) is 2.15. The third kappa shape index (κ3) is 3.29. The molecule has 0 aromatic heterocycles. The average Bonchev–Trinajstić information content (AvgIpc) is 2.40. The Bertz CT molecular complexity index is 470. The van der Waals surface area contributed by atoms with Crippen molar-refractivity contribution in [3.8, 4) is 0 Å². The summed E-state index contributed by atoms with van der Waals surface area (Å²) in [5, 5.41) is 9.26. The maximum atomic E-state index is 11.9. The zero-order chi connectivity index (χ0) is 14.5. The van der Waals surface area contributed by atoms with Crippen LogP contribution in [0.3, 0.4) is 0 Å². The SMILES string of the molecule is CN(C(=O)OCc1ccccc1)C(C(=O)O)C1CCC1. The molecule has 1 fully saturated rings. The second kappa shape index (κ2) is 6.41. The van der Waals surface area contributed by atoms with Crippen LogP contribution in [0, 0.1) is 5.92 Å². The van der Waals surface area contributed by atoms with Crippen LogP contribution in [-0.4, -0.2) is 35.2 Å². The number of hydrogen-bond acceptors (Lipinski definition) is 3. The molecule has 108 valence electrons. The number of hydrogen-bond donors (Lipinski definition) is 1. The Kier molecular flexibility index (Phi) is 4.61. The minimum Gasteiger partial charge on any atom is -0.480 e. The van der Waals surface area contributed by atoms with Crippen molar-refractivity contribution < 1.29 is 19.4 Å². The van der Waals surface area contributed by atoms with E-state index in [9.17, 15) is 14.7 Å². The van der Waals surface area contributed by atoms with Gasteiger partial charge < -0.3 is 9.84 Å². The van der Waals surface area contributed by atoms with Crippen LogP contribution in [0.15, 0.2) is 30.3 Å². The summed E-state index contributed by atoms with van der Waals surface area (Å²) in [5.74, 6) is -0.921. The van der Waals surface area contributed by atoms with E-state index < -0.39 is 18.1 Å². The monoisotopic (exact) mass is 277 g/mol. The molecule has 1 aromatic carbocycles. The van der Waals surface area contributed by atoms with Crippen molar-refractivity contribution in [1.82, 2.24) is 4.90 Å². The van der Waals surface area contributed by atoms with Crippen LogP contribution in [0.25, 0.3) is 0 Å². The van der Waals surface area contributed by atoms with E-state index in [-0.39, 0.29) is 12.5 Å². The molecule has 0 radical (unpaired) electrons. The number of carboxylic acids is 1. The van der Waals surface area contributed by atoms with Gasteiger partial charge in [-0.3, -0.25) is 4.90 Å². The second-order valence-electron chi connectivity index (χ2n) is 5.13. The molecule has 1 aliphatic rings. The van der Waals surface area contributed by atoms with Crippen molar-refractivity contribution in [3.05, 3.63) is 35.9 Å². The Morgan fingerprint density at radius 2 is 2.00 bits per heavy atom. The number of ether oxygens (including phenoxy) is 1. The number of rotatable bonds is 5. The summed E-state index contributed by atoms with van der Waals surface area (Å²) < 4.78 is 5.16. The standard InChI is InChI=1S/C15H19NO4/c1-16(13(14(17)18)12-8-5-9-12)15(19)20-10-11-6-3-2-4-7-11/h2-4,6-7,12-13H,5,8-10H2,1H3,(H,17,18). The molecule has 1 N–H and O–H groups in total. The number of carbonyl (C=O) groups excluding carboxylic acids is 1. The predicted molar refractivity (Wildman–Crippen MR) is 73.2 cm³/mol. The van der Waals surface area contributed by atoms with Crippen LogP contribution in [-0.2, 0) is 16.1 Å². The van der Waals surface area contributed by atoms with Gasteiger partial charge in [0.15, 0.2) is 0 Å². The highest BCUT2D eigenvalue weighted by molar-refractivity contribution is 5.80. The van der Waals surface area contributed by atoms with Gasteiger partial charge in [0.1, 0.15) is 12.6 Å². The minimum atomic E-state index is -0.964. The van der Waals surface area contributed by atoms with Crippen molar-refractivity contribution in [2.45, 2.75) is 31.9 Å². The number of carbonyl (C=O) groups is 2. The Balaban J connectivity index is 1.91. The molecule has 5 nitrogen and oxygen atoms in total. The number of benzene rings is 1. The number of likely N-dealkylation sites (N-methyl/N-ethyl adjacent to an activating group) is 1. The topological polar surface area (TPSA) is 66.8 Å². The lowest BCUT2D eigenvalue weighted by atomic mass is 9.79. The van der Waals surface area contributed by atoms with Gasteiger partial charge in [-0.15, -0.1) is 0 Å². The van der Waals surface area contributed by atoms with Gasteiger partial charge in [0.2, 0.25) is 0 Å². The third-order valence-corrected chi connectivity index (χ3v) is 3.76. The summed E-state index contributed by atoms with van der Waals surface area (Å²) >= 11 is 0. The summed E-state index contributed by atoms with van der Waals surface area (Å²) in [6, 6.07) is 8.53. The van der Waals surface area contributed by atoms with Gasteiger partial charge in [-0.05, 0) is 24.3 Å². The number of amides is 1. The molecule has 0 bridgehead atoms. The lowest BCUT2D eigenvalue weighted by Gasteiger charge is -2.35. The fraction of sp³-hybridized carbons (Fsp3) is 0.467. The summed E-state index contributed by atoms with van der Waals surface area (Å²) in [7, 11) is 1.49. The first-order valence-corrected chi connectivity index (χ1v) is 6.76. The number of carboxylic acid groups (broad SMARTS) is 1. The van der Waals surface area contributed by atoms with E-state index in [4.69, 9.17) is 4.74 Å². The first-order chi connectivity index (χ1) is 9.59. The molecule has 2 rings (SSSR count). The minimum absolute atomic E-state index is 0.0433. The first kappa shape index (κ1) is 14.4. The van der Waals surface area contributed by atoms with Crippen molar-refractivity contribution in [2.24, 2.45) is 5.92 Å². The lowest BCUT2D eigenvalue weighted by molar-refractivity contribution is -0.145. The van der Waals surface area contributed by atoms with Gasteiger partial charge in [-0.2, -0.15) is 0 Å². The molecule has 0 aliphatic heterocycles. The Morgan fingerprint density at radius 3 is 2.50 bits per heavy atom. The summed E-state index contributed by atoms with van der Waals surface area (Å²) in [4.78, 5) is 24.5. The van der Waals surface area contributed by atoms with E-state index in [2.05, 4.69) is 0 Å². The largest absolute Gasteiger partial charge is 0.480 e. The van der Waals surface area contributed by atoms with Gasteiger partial charge in [-0.25, -0.2) is 9.59 Å². The van der Waals surface area contributed by atoms with Gasteiger partial charge in [0.25, 0.3) is 0 Å². The molecule has 1 aromatic rings. The van der Waals surface area contributed by atoms with Crippen molar-refractivity contribution in [1.29, 1.82) is 0 Å². The van der Waals surface area contributed by atoms with E-state index >= 15 is 0 Å². The molecule has 0 heterocycles. The van der Waals surface area contributed by atoms with Gasteiger partial charge in [0, 0.05) is 7.05 Å². The Hall–Kier alpha value is -2.04. The smallest absolute Gasteiger partial charge is 0.410 e. The molecule has 1 amide bonds. The Labute approximate surface area is 118 Å². The van der Waals surface area contributed by atoms with Crippen molar-refractivity contribution in [3.63, 3.8) is 0 Å². The van der Waals surface area contributed by atoms with E-state index in [0.717, 1.165) is 24.8 Å². The quantitative estimate of drug-likeness (QED) is 0.898. The van der Waals surface area contributed by atoms with Gasteiger partial charge in [0.05, 0.1) is 0 Å². The third-order valence-electron chi connectivity index (χ3n) is 3.76. The van der Waals surface area contributed by atoms with E-state index in [0.29, 0.717) is 0 Å². The molecule has 1 atom stereocenters. The van der Waals surface area contributed by atoms with Crippen LogP contribution in [0.1, 0.15) is 24.8 Å². The maximum absolute atomic E-state index is 11.9. The molecule has 1 unspecified atom stereocenters. The van der Waals surface area contributed by atoms with Crippen molar-refractivity contribution in [2.75, 3.05) is 7.05 Å². The average molecular weight is 277 g/mol. The van der Waals surface area contributed by atoms with Crippen molar-refractivity contribution >= 4 is 12.1 Å². The van der Waals surface area contributed by atoms with E-state index in [1.54, 1.807) is 0 Å². The zero-order valence-corrected chi connectivity index (χ0v) is 11.5. The predicted octanol–water partition coefficient (Wildman–Crippen LogP) is 2.51. The zero-order valence-electron chi connectivity index (χ0n) is 11.5. The van der Waals surface area contributed by atoms with Gasteiger partial charge in [-0.1, -0.05) is 36.8 Å². The van der Waals surface area contributed by atoms with Gasteiger partial charge >= 0.3 is 12.1 Å². The van der Waals surface area contributed by atoms with Crippen LogP contribution < -0.4 is 0 Å². The molecular formula is C15H19NO4. The highest BCUT2D eigenvalue weighted by atomic mass is 16.6. The molecule has 5 heteroatoms. The molecule has 1 saturated carbocycles. The molecule has 1 aliphatic carbocycles. The molecule has 0 spiro atoms. The molecular weight excluding hydrogens is 258 g/mol. The fourth-order valence-electron chi connectivity index (χ4n) is 2.37. The van der Waals surface area contributed by atoms with Crippen LogP contribution in [0.2, 0.25) is 0 Å². The molecule has 20 heavy (non-hydrogen) atoms. The number of nitrogens with zero attached hydrogens (tertiary/aromatic N) is 1. The Morgan fingerprint density at radius 1 is 1.35 bits per heavy atom. The van der Waals surface area contributed by atoms with Crippen LogP contribution >= 0.6 is 0 Å². The molecule has 0 saturated heterocycles. The first-order valence-electron chi connectivity index (χ1n) is 6.76. The second-order valence-corrected chi connectivity index (χ2v) is 5.13.